The van der Waals surface area contributed by atoms with Gasteiger partial charge in [-0.05, 0) is 12.1 Å². The summed E-state index contributed by atoms with van der Waals surface area (Å²) >= 11 is 0. The highest BCUT2D eigenvalue weighted by Gasteiger charge is 2.10. The lowest BCUT2D eigenvalue weighted by Gasteiger charge is -2.07. The molecular weight excluding hydrogens is 154 g/mol. The number of nitriles is 1. The second-order valence-electron chi connectivity index (χ2n) is 2.38. The first-order valence-electron chi connectivity index (χ1n) is 3.52. The van der Waals surface area contributed by atoms with E-state index < -0.39 is 6.04 Å². The second-order valence-corrected chi connectivity index (χ2v) is 2.38. The van der Waals surface area contributed by atoms with E-state index in [9.17, 15) is 5.11 Å². The maximum atomic E-state index is 9.26. The maximum absolute atomic E-state index is 9.26. The molecule has 0 aromatic carbocycles. The van der Waals surface area contributed by atoms with Crippen LogP contribution in [0.25, 0.3) is 0 Å². The Kier molecular flexibility index (Phi) is 2.62. The van der Waals surface area contributed by atoms with Gasteiger partial charge in [-0.3, -0.25) is 4.98 Å². The van der Waals surface area contributed by atoms with Crippen molar-refractivity contribution in [1.82, 2.24) is 4.98 Å². The van der Waals surface area contributed by atoms with Gasteiger partial charge in [-0.2, -0.15) is 5.26 Å². The van der Waals surface area contributed by atoms with Gasteiger partial charge in [0.2, 0.25) is 0 Å². The van der Waals surface area contributed by atoms with Gasteiger partial charge in [-0.25, -0.2) is 0 Å². The lowest BCUT2D eigenvalue weighted by atomic mass is 10.1. The summed E-state index contributed by atoms with van der Waals surface area (Å²) in [5, 5.41) is 17.6. The zero-order chi connectivity index (χ0) is 8.97. The summed E-state index contributed by atoms with van der Waals surface area (Å²) in [6.45, 7) is 0. The van der Waals surface area contributed by atoms with E-state index in [1.165, 1.54) is 12.3 Å². The fraction of sp³-hybridized carbons (Fsp3) is 0.250. The first-order valence-corrected chi connectivity index (χ1v) is 3.52. The maximum Gasteiger partial charge on any atom is 0.138 e. The van der Waals surface area contributed by atoms with Crippen molar-refractivity contribution in [3.05, 3.63) is 24.0 Å². The Hall–Kier alpha value is -1.60. The van der Waals surface area contributed by atoms with Crippen molar-refractivity contribution in [2.75, 3.05) is 0 Å². The number of pyridine rings is 1. The van der Waals surface area contributed by atoms with Gasteiger partial charge in [-0.15, -0.1) is 0 Å². The monoisotopic (exact) mass is 163 g/mol. The summed E-state index contributed by atoms with van der Waals surface area (Å²) in [6.07, 6.45) is 1.69. The fourth-order valence-electron chi connectivity index (χ4n) is 0.890. The highest BCUT2D eigenvalue weighted by Crippen LogP contribution is 2.20. The first kappa shape index (κ1) is 8.50. The van der Waals surface area contributed by atoms with E-state index in [-0.39, 0.29) is 12.2 Å². The van der Waals surface area contributed by atoms with Gasteiger partial charge in [0.15, 0.2) is 0 Å². The third-order valence-corrected chi connectivity index (χ3v) is 1.48. The van der Waals surface area contributed by atoms with Gasteiger partial charge in [0.05, 0.1) is 24.2 Å². The molecule has 0 unspecified atom stereocenters. The van der Waals surface area contributed by atoms with Gasteiger partial charge < -0.3 is 10.8 Å². The predicted molar refractivity (Wildman–Crippen MR) is 43.1 cm³/mol. The molecule has 3 N–H and O–H groups in total. The van der Waals surface area contributed by atoms with Gasteiger partial charge in [0.1, 0.15) is 5.75 Å². The molecule has 0 aliphatic carbocycles. The Morgan fingerprint density at radius 2 is 2.50 bits per heavy atom. The number of nitrogens with two attached hydrogens (primary N) is 1. The van der Waals surface area contributed by atoms with E-state index in [2.05, 4.69) is 4.98 Å². The van der Waals surface area contributed by atoms with Crippen molar-refractivity contribution < 1.29 is 5.11 Å². The molecule has 4 nitrogen and oxygen atoms in total. The Morgan fingerprint density at radius 1 is 1.75 bits per heavy atom. The van der Waals surface area contributed by atoms with Crippen LogP contribution in [0.1, 0.15) is 18.2 Å². The first-order chi connectivity index (χ1) is 5.75. The van der Waals surface area contributed by atoms with Gasteiger partial charge in [0, 0.05) is 6.20 Å². The van der Waals surface area contributed by atoms with Crippen molar-refractivity contribution in [1.29, 1.82) is 5.26 Å². The summed E-state index contributed by atoms with van der Waals surface area (Å²) in [7, 11) is 0. The number of hydrogen-bond acceptors (Lipinski definition) is 4. The van der Waals surface area contributed by atoms with Crippen LogP contribution >= 0.6 is 0 Å². The summed E-state index contributed by atoms with van der Waals surface area (Å²) in [5.41, 5.74) is 5.94. The van der Waals surface area contributed by atoms with Gasteiger partial charge in [-0.1, -0.05) is 0 Å². The molecule has 0 bridgehead atoms. The topological polar surface area (TPSA) is 82.9 Å². The average molecular weight is 163 g/mol. The zero-order valence-corrected chi connectivity index (χ0v) is 6.44. The van der Waals surface area contributed by atoms with Crippen LogP contribution in [0.15, 0.2) is 18.3 Å². The van der Waals surface area contributed by atoms with Crippen molar-refractivity contribution in [2.24, 2.45) is 5.73 Å². The molecule has 4 heteroatoms. The Labute approximate surface area is 70.3 Å². The van der Waals surface area contributed by atoms with Crippen LogP contribution in [0.5, 0.6) is 5.75 Å². The van der Waals surface area contributed by atoms with Crippen molar-refractivity contribution >= 4 is 0 Å². The lowest BCUT2D eigenvalue weighted by molar-refractivity contribution is 0.456. The number of aromatic nitrogens is 1. The molecular formula is C8H9N3O. The standard InChI is InChI=1S/C8H9N3O/c9-4-3-6(10)8-7(12)2-1-5-11-8/h1-2,5-6,12H,3,10H2/t6-/m1/s1. The molecule has 62 valence electrons. The molecule has 0 amide bonds. The molecule has 12 heavy (non-hydrogen) atoms. The fourth-order valence-corrected chi connectivity index (χ4v) is 0.890. The Bertz CT molecular complexity index is 305. The number of aromatic hydroxyl groups is 1. The van der Waals surface area contributed by atoms with E-state index in [4.69, 9.17) is 11.0 Å². The average Bonchev–Trinajstić information content (AvgIpc) is 2.05. The number of hydrogen-bond donors (Lipinski definition) is 2. The van der Waals surface area contributed by atoms with Gasteiger partial charge >= 0.3 is 0 Å². The van der Waals surface area contributed by atoms with Gasteiger partial charge in [0.25, 0.3) is 0 Å². The van der Waals surface area contributed by atoms with E-state index in [1.807, 2.05) is 6.07 Å². The van der Waals surface area contributed by atoms with E-state index in [0.29, 0.717) is 5.69 Å². The molecule has 1 atom stereocenters. The third-order valence-electron chi connectivity index (χ3n) is 1.48. The quantitative estimate of drug-likeness (QED) is 0.672. The van der Waals surface area contributed by atoms with E-state index >= 15 is 0 Å². The molecule has 0 fully saturated rings. The van der Waals surface area contributed by atoms with Crippen LogP contribution < -0.4 is 5.73 Å². The normalized spacial score (nSPS) is 12.0. The van der Waals surface area contributed by atoms with Crippen LogP contribution in [-0.2, 0) is 0 Å². The van der Waals surface area contributed by atoms with Crippen molar-refractivity contribution in [2.45, 2.75) is 12.5 Å². The molecule has 0 aliphatic rings. The molecule has 0 spiro atoms. The lowest BCUT2D eigenvalue weighted by Crippen LogP contribution is -2.11. The third kappa shape index (κ3) is 1.71. The Balaban J connectivity index is 2.88. The zero-order valence-electron chi connectivity index (χ0n) is 6.44. The largest absolute Gasteiger partial charge is 0.506 e. The molecule has 1 aromatic heterocycles. The minimum atomic E-state index is -0.504. The SMILES string of the molecule is N#CC[C@@H](N)c1ncccc1O. The minimum absolute atomic E-state index is 0.0419. The predicted octanol–water partition coefficient (Wildman–Crippen LogP) is 0.701. The smallest absolute Gasteiger partial charge is 0.138 e. The summed E-state index contributed by atoms with van der Waals surface area (Å²) in [6, 6.07) is 4.52. The molecule has 0 saturated carbocycles. The van der Waals surface area contributed by atoms with Crippen LogP contribution in [-0.4, -0.2) is 10.1 Å². The van der Waals surface area contributed by atoms with E-state index in [1.54, 1.807) is 6.07 Å². The number of nitrogens with zero attached hydrogens (tertiary/aromatic N) is 2. The Morgan fingerprint density at radius 3 is 3.08 bits per heavy atom. The highest BCUT2D eigenvalue weighted by atomic mass is 16.3. The van der Waals surface area contributed by atoms with Crippen LogP contribution in [0, 0.1) is 11.3 Å². The molecule has 0 radical (unpaired) electrons. The summed E-state index contributed by atoms with van der Waals surface area (Å²) in [5.74, 6) is 0.0419. The molecule has 1 heterocycles. The number of rotatable bonds is 2. The van der Waals surface area contributed by atoms with Crippen molar-refractivity contribution in [3.8, 4) is 11.8 Å². The highest BCUT2D eigenvalue weighted by molar-refractivity contribution is 5.27. The minimum Gasteiger partial charge on any atom is -0.506 e. The summed E-state index contributed by atoms with van der Waals surface area (Å²) < 4.78 is 0. The molecule has 1 rings (SSSR count). The summed E-state index contributed by atoms with van der Waals surface area (Å²) in [4.78, 5) is 3.87. The van der Waals surface area contributed by atoms with Crippen LogP contribution in [0.4, 0.5) is 0 Å². The van der Waals surface area contributed by atoms with E-state index in [0.717, 1.165) is 0 Å². The second kappa shape index (κ2) is 3.69. The molecule has 1 aromatic rings. The molecule has 0 aliphatic heterocycles. The van der Waals surface area contributed by atoms with Crippen LogP contribution in [0.2, 0.25) is 0 Å². The van der Waals surface area contributed by atoms with Crippen LogP contribution in [0.3, 0.4) is 0 Å². The van der Waals surface area contributed by atoms with Crippen molar-refractivity contribution in [3.63, 3.8) is 0 Å². The molecule has 0 saturated heterocycles.